The fourth-order valence-electron chi connectivity index (χ4n) is 6.60. The zero-order valence-corrected chi connectivity index (χ0v) is 30.5. The zero-order valence-electron chi connectivity index (χ0n) is 27.0. The molecule has 2 heterocycles. The molecule has 1 aliphatic heterocycles. The second-order valence-corrected chi connectivity index (χ2v) is 20.6. The number of nitrogens with one attached hydrogen (secondary N) is 1. The average Bonchev–Trinajstić information content (AvgIpc) is 3.36. The number of benzene rings is 4. The van der Waals surface area contributed by atoms with Crippen LogP contribution in [0.4, 0.5) is 10.2 Å². The molecule has 1 N–H and O–H groups in total. The monoisotopic (exact) mass is 742 g/mol. The molecule has 10 heteroatoms. The van der Waals surface area contributed by atoms with E-state index < -0.39 is 29.4 Å². The maximum absolute atomic E-state index is 17.9. The minimum absolute atomic E-state index is 0.0902. The van der Waals surface area contributed by atoms with E-state index >= 15 is 4.39 Å². The fraction of sp³-hybridized carbons (Fsp3) is 0.237. The molecule has 5 aromatic rings. The molecule has 1 fully saturated rings. The van der Waals surface area contributed by atoms with Gasteiger partial charge in [-0.05, 0) is 0 Å². The molecule has 0 unspecified atom stereocenters. The van der Waals surface area contributed by atoms with Crippen LogP contribution in [0.25, 0.3) is 0 Å². The van der Waals surface area contributed by atoms with Crippen LogP contribution in [-0.2, 0) is 13.9 Å². The Kier molecular flexibility index (Phi) is 9.66. The predicted octanol–water partition coefficient (Wildman–Crippen LogP) is 6.22. The molecular weight excluding hydrogens is 705 g/mol. The van der Waals surface area contributed by atoms with Crippen molar-refractivity contribution in [2.24, 2.45) is 0 Å². The Morgan fingerprint density at radius 2 is 1.44 bits per heavy atom. The molecular formula is C38H37FN3O3SSeSi. The van der Waals surface area contributed by atoms with Crippen molar-refractivity contribution in [1.29, 1.82) is 0 Å². The topological polar surface area (TPSA) is 73.2 Å². The number of carbonyl (C=O) groups is 1. The minimum atomic E-state index is -2.90. The Morgan fingerprint density at radius 3 is 1.96 bits per heavy atom. The summed E-state index contributed by atoms with van der Waals surface area (Å²) in [6, 6.07) is 39.9. The quantitative estimate of drug-likeness (QED) is 0.182. The first kappa shape index (κ1) is 34.1. The second-order valence-electron chi connectivity index (χ2n) is 13.0. The van der Waals surface area contributed by atoms with Crippen molar-refractivity contribution >= 4 is 58.2 Å². The molecule has 0 aliphatic carbocycles. The zero-order chi connectivity index (χ0) is 34.0. The third kappa shape index (κ3) is 6.24. The van der Waals surface area contributed by atoms with Gasteiger partial charge in [0.15, 0.2) is 0 Å². The molecule has 6 rings (SSSR count). The van der Waals surface area contributed by atoms with Crippen molar-refractivity contribution in [3.8, 4) is 0 Å². The number of hydrogen-bond donors (Lipinski definition) is 1. The van der Waals surface area contributed by atoms with Crippen molar-refractivity contribution in [3.05, 3.63) is 155 Å². The molecule has 0 bridgehead atoms. The van der Waals surface area contributed by atoms with Crippen molar-refractivity contribution < 1.29 is 13.6 Å². The number of rotatable bonds is 9. The first-order valence-electron chi connectivity index (χ1n) is 15.8. The number of amides is 1. The molecule has 0 saturated carbocycles. The van der Waals surface area contributed by atoms with Gasteiger partial charge in [-0.3, -0.25) is 0 Å². The molecule has 245 valence electrons. The van der Waals surface area contributed by atoms with Crippen LogP contribution in [0.2, 0.25) is 5.04 Å². The molecule has 1 amide bonds. The Bertz CT molecular complexity index is 1890. The molecule has 4 aromatic carbocycles. The van der Waals surface area contributed by atoms with Crippen LogP contribution in [0.15, 0.2) is 138 Å². The summed E-state index contributed by atoms with van der Waals surface area (Å²) in [4.78, 5) is 30.6. The van der Waals surface area contributed by atoms with Crippen LogP contribution in [-0.4, -0.2) is 51.6 Å². The molecule has 48 heavy (non-hydrogen) atoms. The first-order valence-corrected chi connectivity index (χ1v) is 19.5. The van der Waals surface area contributed by atoms with Gasteiger partial charge < -0.3 is 0 Å². The predicted molar refractivity (Wildman–Crippen MR) is 195 cm³/mol. The Hall–Kier alpha value is -3.79. The third-order valence-corrected chi connectivity index (χ3v) is 17.0. The van der Waals surface area contributed by atoms with Gasteiger partial charge in [0.2, 0.25) is 0 Å². The number of carbonyl (C=O) groups excluding carboxylic acids is 1. The van der Waals surface area contributed by atoms with Gasteiger partial charge in [-0.2, -0.15) is 0 Å². The Labute approximate surface area is 294 Å². The molecule has 6 nitrogen and oxygen atoms in total. The van der Waals surface area contributed by atoms with E-state index in [0.29, 0.717) is 11.1 Å². The summed E-state index contributed by atoms with van der Waals surface area (Å²) in [6.45, 7) is 6.91. The van der Waals surface area contributed by atoms with Gasteiger partial charge in [-0.25, -0.2) is 0 Å². The summed E-state index contributed by atoms with van der Waals surface area (Å²) in [5.74, 6) is -0.301. The molecule has 1 aliphatic rings. The standard InChI is InChI=1S/C38H37FN3O3SSeSi/c1-36(2,3)48(31-20-12-6-13-21-31,32-22-14-7-15-23-32)45-27-30-26-37(39,29-18-10-5-11-19-29)38(47,46-30)42-25-24-33(41-35(42)44)40-34(43)28-16-8-4-9-17-28/h4-25,30H,26-27H2,1-3H3,(H,40,41,43,44)/t30-,37+,38+/m1/s1. The van der Waals surface area contributed by atoms with E-state index in [2.05, 4.69) is 71.4 Å². The SMILES string of the molecule is CC(C)(C)[Si](OC[C@H]1C[C@](F)(c2ccccc2)[C@]([Se])(n2ccc(NC(=O)c3ccccc3)nc2=O)S1)(c1ccccc1)c1ccccc1. The van der Waals surface area contributed by atoms with Gasteiger partial charge in [0, 0.05) is 0 Å². The maximum atomic E-state index is 17.9. The summed E-state index contributed by atoms with van der Waals surface area (Å²) in [7, 11) is -2.90. The molecule has 1 radical (unpaired) electrons. The summed E-state index contributed by atoms with van der Waals surface area (Å²) in [5, 5.41) is 4.40. The summed E-state index contributed by atoms with van der Waals surface area (Å²) >= 11 is 4.43. The summed E-state index contributed by atoms with van der Waals surface area (Å²) in [6.07, 6.45) is 1.61. The van der Waals surface area contributed by atoms with Crippen molar-refractivity contribution in [1.82, 2.24) is 9.55 Å². The van der Waals surface area contributed by atoms with Gasteiger partial charge in [0.1, 0.15) is 0 Å². The van der Waals surface area contributed by atoms with E-state index in [-0.39, 0.29) is 29.1 Å². The molecule has 0 spiro atoms. The van der Waals surface area contributed by atoms with Gasteiger partial charge >= 0.3 is 295 Å². The fourth-order valence-corrected chi connectivity index (χ4v) is 14.4. The van der Waals surface area contributed by atoms with Crippen LogP contribution < -0.4 is 21.4 Å². The van der Waals surface area contributed by atoms with E-state index in [1.54, 1.807) is 48.5 Å². The molecule has 3 atom stereocenters. The van der Waals surface area contributed by atoms with E-state index in [9.17, 15) is 9.59 Å². The molecule has 1 aromatic heterocycles. The number of thioether (sulfide) groups is 1. The third-order valence-electron chi connectivity index (χ3n) is 8.87. The summed E-state index contributed by atoms with van der Waals surface area (Å²) < 4.78 is 24.9. The van der Waals surface area contributed by atoms with E-state index in [4.69, 9.17) is 4.43 Å². The molecule has 1 saturated heterocycles. The Morgan fingerprint density at radius 1 is 0.917 bits per heavy atom. The van der Waals surface area contributed by atoms with Crippen LogP contribution in [0.3, 0.4) is 0 Å². The van der Waals surface area contributed by atoms with Crippen molar-refractivity contribution in [2.45, 2.75) is 46.9 Å². The first-order chi connectivity index (χ1) is 23.0. The number of halogens is 1. The van der Waals surface area contributed by atoms with Crippen LogP contribution in [0.1, 0.15) is 43.1 Å². The number of anilines is 1. The van der Waals surface area contributed by atoms with E-state index in [1.165, 1.54) is 28.6 Å². The van der Waals surface area contributed by atoms with Crippen molar-refractivity contribution in [2.75, 3.05) is 11.9 Å². The van der Waals surface area contributed by atoms with Crippen LogP contribution in [0, 0.1) is 0 Å². The number of nitrogens with zero attached hydrogens (tertiary/aromatic N) is 2. The van der Waals surface area contributed by atoms with Gasteiger partial charge in [-0.1, -0.05) is 0 Å². The normalized spacial score (nSPS) is 21.1. The second kappa shape index (κ2) is 13.6. The van der Waals surface area contributed by atoms with E-state index in [0.717, 1.165) is 10.4 Å². The van der Waals surface area contributed by atoms with Crippen molar-refractivity contribution in [3.63, 3.8) is 0 Å². The number of alkyl halides is 1. The summed E-state index contributed by atoms with van der Waals surface area (Å²) in [5.41, 5.74) is -1.78. The average molecular weight is 742 g/mol. The Balaban J connectivity index is 1.36. The van der Waals surface area contributed by atoms with Gasteiger partial charge in [0.05, 0.1) is 0 Å². The van der Waals surface area contributed by atoms with Gasteiger partial charge in [0.25, 0.3) is 0 Å². The van der Waals surface area contributed by atoms with Crippen LogP contribution >= 0.6 is 11.8 Å². The number of hydrogen-bond acceptors (Lipinski definition) is 5. The van der Waals surface area contributed by atoms with E-state index in [1.807, 2.05) is 48.5 Å². The number of aromatic nitrogens is 2. The van der Waals surface area contributed by atoms with Crippen LogP contribution in [0.5, 0.6) is 0 Å². The van der Waals surface area contributed by atoms with Gasteiger partial charge in [-0.15, -0.1) is 0 Å².